The minimum atomic E-state index is -0.482. The van der Waals surface area contributed by atoms with Crippen LogP contribution in [0.25, 0.3) is 0 Å². The summed E-state index contributed by atoms with van der Waals surface area (Å²) in [5.41, 5.74) is 0.561. The minimum absolute atomic E-state index is 0.0304. The number of rotatable bonds is 5. The molecule has 0 spiro atoms. The van der Waals surface area contributed by atoms with E-state index in [1.165, 1.54) is 0 Å². The van der Waals surface area contributed by atoms with Crippen molar-refractivity contribution >= 4 is 6.09 Å². The number of carbonyl (C=O) groups excluding carboxylic acids is 1. The van der Waals surface area contributed by atoms with Crippen molar-refractivity contribution in [1.82, 2.24) is 20.2 Å². The summed E-state index contributed by atoms with van der Waals surface area (Å²) < 4.78 is 11.1. The number of aromatic amines is 1. The molecule has 0 aliphatic carbocycles. The fourth-order valence-corrected chi connectivity index (χ4v) is 2.57. The van der Waals surface area contributed by atoms with Crippen molar-refractivity contribution in [2.24, 2.45) is 0 Å². The quantitative estimate of drug-likeness (QED) is 0.865. The van der Waals surface area contributed by atoms with Gasteiger partial charge in [-0.3, -0.25) is 0 Å². The summed E-state index contributed by atoms with van der Waals surface area (Å²) in [6.45, 7) is 10.2. The van der Waals surface area contributed by atoms with Crippen LogP contribution in [0.3, 0.4) is 0 Å². The SMILES string of the molecule is CC(CC1COCCN1C(=O)OC(C)(C)C)NCc1cnc[nH]1. The number of hydrogen-bond acceptors (Lipinski definition) is 5. The van der Waals surface area contributed by atoms with Gasteiger partial charge in [-0.2, -0.15) is 0 Å². The van der Waals surface area contributed by atoms with Crippen LogP contribution in [0.5, 0.6) is 0 Å². The number of amides is 1. The molecule has 1 aromatic rings. The van der Waals surface area contributed by atoms with E-state index in [1.54, 1.807) is 17.4 Å². The van der Waals surface area contributed by atoms with Crippen molar-refractivity contribution in [2.75, 3.05) is 19.8 Å². The number of aromatic nitrogens is 2. The molecule has 0 saturated carbocycles. The molecule has 23 heavy (non-hydrogen) atoms. The molecule has 1 amide bonds. The van der Waals surface area contributed by atoms with E-state index in [0.717, 1.165) is 18.7 Å². The van der Waals surface area contributed by atoms with Crippen molar-refractivity contribution in [2.45, 2.75) is 58.3 Å². The Labute approximate surface area is 137 Å². The van der Waals surface area contributed by atoms with E-state index in [9.17, 15) is 4.79 Å². The molecule has 7 heteroatoms. The van der Waals surface area contributed by atoms with Crippen molar-refractivity contribution < 1.29 is 14.3 Å². The van der Waals surface area contributed by atoms with Gasteiger partial charge in [-0.05, 0) is 34.1 Å². The summed E-state index contributed by atoms with van der Waals surface area (Å²) in [4.78, 5) is 21.2. The molecular formula is C16H28N4O3. The highest BCUT2D eigenvalue weighted by Crippen LogP contribution is 2.17. The Balaban J connectivity index is 1.86. The van der Waals surface area contributed by atoms with Crippen LogP contribution in [0.4, 0.5) is 4.79 Å². The number of H-pyrrole nitrogens is 1. The largest absolute Gasteiger partial charge is 0.444 e. The first-order chi connectivity index (χ1) is 10.8. The second-order valence-electron chi connectivity index (χ2n) is 7.00. The molecule has 2 N–H and O–H groups in total. The summed E-state index contributed by atoms with van der Waals surface area (Å²) in [6, 6.07) is 0.276. The molecule has 0 radical (unpaired) electrons. The van der Waals surface area contributed by atoms with Gasteiger partial charge in [0.1, 0.15) is 5.60 Å². The number of imidazole rings is 1. The maximum absolute atomic E-state index is 12.4. The normalized spacial score (nSPS) is 20.3. The number of morpholine rings is 1. The topological polar surface area (TPSA) is 79.5 Å². The molecule has 1 fully saturated rings. The lowest BCUT2D eigenvalue weighted by Crippen LogP contribution is -2.52. The molecule has 0 aromatic carbocycles. The van der Waals surface area contributed by atoms with Gasteiger partial charge in [0.2, 0.25) is 0 Å². The molecule has 130 valence electrons. The zero-order valence-electron chi connectivity index (χ0n) is 14.5. The first-order valence-electron chi connectivity index (χ1n) is 8.13. The fraction of sp³-hybridized carbons (Fsp3) is 0.750. The highest BCUT2D eigenvalue weighted by Gasteiger charge is 2.31. The van der Waals surface area contributed by atoms with Crippen LogP contribution in [0.1, 0.15) is 39.8 Å². The van der Waals surface area contributed by atoms with E-state index >= 15 is 0 Å². The molecule has 0 bridgehead atoms. The zero-order chi connectivity index (χ0) is 16.9. The van der Waals surface area contributed by atoms with Crippen molar-refractivity contribution in [3.63, 3.8) is 0 Å². The maximum atomic E-state index is 12.4. The average Bonchev–Trinajstić information content (AvgIpc) is 2.97. The maximum Gasteiger partial charge on any atom is 0.410 e. The lowest BCUT2D eigenvalue weighted by atomic mass is 10.1. The third-order valence-electron chi connectivity index (χ3n) is 3.68. The highest BCUT2D eigenvalue weighted by atomic mass is 16.6. The monoisotopic (exact) mass is 324 g/mol. The zero-order valence-corrected chi connectivity index (χ0v) is 14.5. The minimum Gasteiger partial charge on any atom is -0.444 e. The van der Waals surface area contributed by atoms with Crippen LogP contribution in [0.2, 0.25) is 0 Å². The predicted octanol–water partition coefficient (Wildman–Crippen LogP) is 1.91. The molecule has 2 atom stereocenters. The molecular weight excluding hydrogens is 296 g/mol. The van der Waals surface area contributed by atoms with Gasteiger partial charge in [0.15, 0.2) is 0 Å². The van der Waals surface area contributed by atoms with Gasteiger partial charge >= 0.3 is 6.09 Å². The third kappa shape index (κ3) is 5.84. The van der Waals surface area contributed by atoms with Gasteiger partial charge in [0, 0.05) is 31.0 Å². The lowest BCUT2D eigenvalue weighted by molar-refractivity contribution is -0.0356. The van der Waals surface area contributed by atoms with Crippen LogP contribution < -0.4 is 5.32 Å². The number of nitrogens with zero attached hydrogens (tertiary/aromatic N) is 2. The second-order valence-corrected chi connectivity index (χ2v) is 7.00. The Hall–Kier alpha value is -1.60. The van der Waals surface area contributed by atoms with E-state index < -0.39 is 5.60 Å². The van der Waals surface area contributed by atoms with Crippen LogP contribution in [-0.2, 0) is 16.0 Å². The van der Waals surface area contributed by atoms with E-state index in [0.29, 0.717) is 19.8 Å². The smallest absolute Gasteiger partial charge is 0.410 e. The molecule has 2 heterocycles. The molecule has 1 aliphatic heterocycles. The van der Waals surface area contributed by atoms with Crippen LogP contribution in [-0.4, -0.2) is 58.4 Å². The van der Waals surface area contributed by atoms with E-state index in [-0.39, 0.29) is 18.2 Å². The van der Waals surface area contributed by atoms with Gasteiger partial charge in [-0.25, -0.2) is 9.78 Å². The molecule has 1 aliphatic rings. The molecule has 2 rings (SSSR count). The van der Waals surface area contributed by atoms with Crippen LogP contribution in [0.15, 0.2) is 12.5 Å². The lowest BCUT2D eigenvalue weighted by Gasteiger charge is -2.37. The Morgan fingerprint density at radius 2 is 2.39 bits per heavy atom. The number of ether oxygens (including phenoxy) is 2. The van der Waals surface area contributed by atoms with Gasteiger partial charge in [-0.1, -0.05) is 0 Å². The Bertz CT molecular complexity index is 484. The van der Waals surface area contributed by atoms with Crippen molar-refractivity contribution in [1.29, 1.82) is 0 Å². The molecule has 7 nitrogen and oxygen atoms in total. The van der Waals surface area contributed by atoms with Gasteiger partial charge in [0.05, 0.1) is 25.6 Å². The molecule has 1 saturated heterocycles. The molecule has 1 aromatic heterocycles. The van der Waals surface area contributed by atoms with Crippen molar-refractivity contribution in [3.05, 3.63) is 18.2 Å². The van der Waals surface area contributed by atoms with E-state index in [4.69, 9.17) is 9.47 Å². The number of hydrogen-bond donors (Lipinski definition) is 2. The van der Waals surface area contributed by atoms with E-state index in [1.807, 2.05) is 20.8 Å². The number of nitrogens with one attached hydrogen (secondary N) is 2. The average molecular weight is 324 g/mol. The fourth-order valence-electron chi connectivity index (χ4n) is 2.57. The third-order valence-corrected chi connectivity index (χ3v) is 3.68. The first kappa shape index (κ1) is 17.7. The van der Waals surface area contributed by atoms with E-state index in [2.05, 4.69) is 22.2 Å². The summed E-state index contributed by atoms with van der Waals surface area (Å²) in [5.74, 6) is 0. The van der Waals surface area contributed by atoms with Crippen LogP contribution in [0, 0.1) is 0 Å². The first-order valence-corrected chi connectivity index (χ1v) is 8.13. The summed E-state index contributed by atoms with van der Waals surface area (Å²) in [6.07, 6.45) is 4.02. The van der Waals surface area contributed by atoms with Gasteiger partial charge < -0.3 is 24.7 Å². The summed E-state index contributed by atoms with van der Waals surface area (Å²) >= 11 is 0. The Morgan fingerprint density at radius 3 is 3.04 bits per heavy atom. The van der Waals surface area contributed by atoms with Gasteiger partial charge in [-0.15, -0.1) is 0 Å². The number of carbonyl (C=O) groups is 1. The highest BCUT2D eigenvalue weighted by molar-refractivity contribution is 5.68. The van der Waals surface area contributed by atoms with Gasteiger partial charge in [0.25, 0.3) is 0 Å². The predicted molar refractivity (Wildman–Crippen MR) is 87.1 cm³/mol. The summed E-state index contributed by atoms with van der Waals surface area (Å²) in [5, 5.41) is 3.43. The van der Waals surface area contributed by atoms with Crippen molar-refractivity contribution in [3.8, 4) is 0 Å². The second kappa shape index (κ2) is 7.79. The Morgan fingerprint density at radius 1 is 1.61 bits per heavy atom. The van der Waals surface area contributed by atoms with Crippen LogP contribution >= 0.6 is 0 Å². The Kier molecular flexibility index (Phi) is 6.01. The molecule has 2 unspecified atom stereocenters. The summed E-state index contributed by atoms with van der Waals surface area (Å²) in [7, 11) is 0. The standard InChI is InChI=1S/C16H28N4O3/c1-12(18-9-13-8-17-11-19-13)7-14-10-22-6-5-20(14)15(21)23-16(2,3)4/h8,11-12,14,18H,5-7,9-10H2,1-4H3,(H,17,19).